The number of rotatable bonds is 13. The van der Waals surface area contributed by atoms with Gasteiger partial charge in [-0.2, -0.15) is 0 Å². The zero-order valence-electron chi connectivity index (χ0n) is 12.3. The van der Waals surface area contributed by atoms with Crippen LogP contribution in [0.3, 0.4) is 0 Å². The molecule has 0 saturated carbocycles. The Hall–Kier alpha value is -0.830. The summed E-state index contributed by atoms with van der Waals surface area (Å²) in [7, 11) is 0. The van der Waals surface area contributed by atoms with Gasteiger partial charge in [0.05, 0.1) is 6.10 Å². The molecule has 1 atom stereocenters. The van der Waals surface area contributed by atoms with Crippen molar-refractivity contribution < 1.29 is 15.0 Å². The van der Waals surface area contributed by atoms with Gasteiger partial charge in [0, 0.05) is 6.42 Å². The van der Waals surface area contributed by atoms with E-state index in [1.165, 1.54) is 12.8 Å². The lowest BCUT2D eigenvalue weighted by Gasteiger charge is -2.09. The lowest BCUT2D eigenvalue weighted by molar-refractivity contribution is -0.137. The summed E-state index contributed by atoms with van der Waals surface area (Å²) in [4.78, 5) is 10.3. The van der Waals surface area contributed by atoms with E-state index < -0.39 is 5.97 Å². The summed E-state index contributed by atoms with van der Waals surface area (Å²) in [6, 6.07) is 0. The van der Waals surface area contributed by atoms with Crippen LogP contribution in [-0.2, 0) is 4.79 Å². The van der Waals surface area contributed by atoms with Crippen LogP contribution in [0.2, 0.25) is 0 Å². The van der Waals surface area contributed by atoms with Crippen LogP contribution in [0, 0.1) is 0 Å². The van der Waals surface area contributed by atoms with E-state index >= 15 is 0 Å². The normalized spacial score (nSPS) is 12.9. The van der Waals surface area contributed by atoms with Crippen LogP contribution in [0.4, 0.5) is 0 Å². The van der Waals surface area contributed by atoms with Crippen molar-refractivity contribution in [3.63, 3.8) is 0 Å². The van der Waals surface area contributed by atoms with Gasteiger partial charge in [-0.15, -0.1) is 0 Å². The molecule has 0 fully saturated rings. The van der Waals surface area contributed by atoms with Gasteiger partial charge >= 0.3 is 5.97 Å². The molecule has 3 heteroatoms. The van der Waals surface area contributed by atoms with Crippen molar-refractivity contribution in [1.29, 1.82) is 0 Å². The van der Waals surface area contributed by atoms with Crippen LogP contribution in [0.15, 0.2) is 12.2 Å². The molecule has 0 aliphatic carbocycles. The topological polar surface area (TPSA) is 57.5 Å². The first kappa shape index (κ1) is 18.2. The van der Waals surface area contributed by atoms with E-state index in [4.69, 9.17) is 5.11 Å². The van der Waals surface area contributed by atoms with Gasteiger partial charge in [0.1, 0.15) is 0 Å². The minimum Gasteiger partial charge on any atom is -0.481 e. The molecule has 2 N–H and O–H groups in total. The predicted molar refractivity (Wildman–Crippen MR) is 79.2 cm³/mol. The molecular weight excluding hydrogens is 240 g/mol. The minimum atomic E-state index is -0.725. The van der Waals surface area contributed by atoms with Crippen molar-refractivity contribution in [2.45, 2.75) is 83.7 Å². The van der Waals surface area contributed by atoms with Crippen LogP contribution >= 0.6 is 0 Å². The van der Waals surface area contributed by atoms with Crippen LogP contribution in [0.5, 0.6) is 0 Å². The summed E-state index contributed by atoms with van der Waals surface area (Å²) in [6.45, 7) is 2.18. The second kappa shape index (κ2) is 13.6. The Kier molecular flexibility index (Phi) is 13.0. The third kappa shape index (κ3) is 15.1. The molecule has 0 aliphatic heterocycles. The third-order valence-electron chi connectivity index (χ3n) is 3.21. The van der Waals surface area contributed by atoms with Gasteiger partial charge in [0.25, 0.3) is 0 Å². The Balaban J connectivity index is 3.25. The largest absolute Gasteiger partial charge is 0.481 e. The Labute approximate surface area is 117 Å². The van der Waals surface area contributed by atoms with Gasteiger partial charge in [0.15, 0.2) is 0 Å². The van der Waals surface area contributed by atoms with Crippen molar-refractivity contribution in [2.75, 3.05) is 0 Å². The summed E-state index contributed by atoms with van der Waals surface area (Å²) in [5.74, 6) is -0.725. The second-order valence-electron chi connectivity index (χ2n) is 5.19. The quantitative estimate of drug-likeness (QED) is 0.387. The highest BCUT2D eigenvalue weighted by molar-refractivity contribution is 5.66. The molecule has 0 amide bonds. The molecule has 3 nitrogen and oxygen atoms in total. The number of carboxylic acids is 1. The lowest BCUT2D eigenvalue weighted by Crippen LogP contribution is -2.06. The van der Waals surface area contributed by atoms with Crippen LogP contribution in [0.1, 0.15) is 77.6 Å². The number of allylic oxidation sites excluding steroid dienone is 2. The van der Waals surface area contributed by atoms with Gasteiger partial charge in [-0.3, -0.25) is 4.79 Å². The molecule has 0 aromatic heterocycles. The van der Waals surface area contributed by atoms with E-state index in [-0.39, 0.29) is 12.5 Å². The highest BCUT2D eigenvalue weighted by Gasteiger charge is 2.04. The highest BCUT2D eigenvalue weighted by atomic mass is 16.4. The molecule has 0 radical (unpaired) electrons. The van der Waals surface area contributed by atoms with E-state index in [0.29, 0.717) is 0 Å². The molecule has 1 unspecified atom stereocenters. The van der Waals surface area contributed by atoms with Crippen molar-refractivity contribution in [3.05, 3.63) is 12.2 Å². The van der Waals surface area contributed by atoms with Crippen LogP contribution in [0.25, 0.3) is 0 Å². The fourth-order valence-electron chi connectivity index (χ4n) is 2.02. The van der Waals surface area contributed by atoms with Crippen molar-refractivity contribution in [3.8, 4) is 0 Å². The molecule has 0 heterocycles. The van der Waals surface area contributed by atoms with Gasteiger partial charge in [-0.25, -0.2) is 0 Å². The first-order valence-electron chi connectivity index (χ1n) is 7.71. The van der Waals surface area contributed by atoms with Gasteiger partial charge in [0.2, 0.25) is 0 Å². The van der Waals surface area contributed by atoms with Crippen molar-refractivity contribution in [1.82, 2.24) is 0 Å². The number of aliphatic hydroxyl groups is 1. The number of carbonyl (C=O) groups is 1. The Morgan fingerprint density at radius 1 is 1.00 bits per heavy atom. The Bertz CT molecular complexity index is 236. The van der Waals surface area contributed by atoms with Crippen molar-refractivity contribution >= 4 is 5.97 Å². The molecule has 0 spiro atoms. The summed E-state index contributed by atoms with van der Waals surface area (Å²) < 4.78 is 0. The van der Waals surface area contributed by atoms with Crippen LogP contribution in [-0.4, -0.2) is 22.3 Å². The third-order valence-corrected chi connectivity index (χ3v) is 3.21. The summed E-state index contributed by atoms with van der Waals surface area (Å²) >= 11 is 0. The average Bonchev–Trinajstić information content (AvgIpc) is 2.37. The summed E-state index contributed by atoms with van der Waals surface area (Å²) in [5, 5.41) is 18.3. The molecule has 0 rings (SSSR count). The summed E-state index contributed by atoms with van der Waals surface area (Å²) in [6.07, 6.45) is 14.5. The first-order valence-corrected chi connectivity index (χ1v) is 7.71. The Morgan fingerprint density at radius 2 is 1.63 bits per heavy atom. The maximum Gasteiger partial charge on any atom is 0.303 e. The molecule has 0 saturated heterocycles. The molecule has 0 aliphatic rings. The standard InChI is InChI=1S/C16H30O3/c1-2-3-4-5-6-7-9-12-15(17)13-10-8-11-14-16(18)19/h4-5,15,17H,2-3,6-14H2,1H3,(H,18,19). The zero-order valence-corrected chi connectivity index (χ0v) is 12.3. The summed E-state index contributed by atoms with van der Waals surface area (Å²) in [5.41, 5.74) is 0. The molecule has 0 bridgehead atoms. The molecule has 112 valence electrons. The average molecular weight is 270 g/mol. The van der Waals surface area contributed by atoms with Gasteiger partial charge in [-0.05, 0) is 38.5 Å². The molecule has 0 aromatic rings. The van der Waals surface area contributed by atoms with Gasteiger partial charge in [-0.1, -0.05) is 44.8 Å². The number of hydrogen-bond donors (Lipinski definition) is 2. The Morgan fingerprint density at radius 3 is 2.26 bits per heavy atom. The number of aliphatic hydroxyl groups excluding tert-OH is 1. The van der Waals surface area contributed by atoms with E-state index in [0.717, 1.165) is 51.4 Å². The number of hydrogen-bond acceptors (Lipinski definition) is 2. The first-order chi connectivity index (χ1) is 9.16. The highest BCUT2D eigenvalue weighted by Crippen LogP contribution is 2.11. The lowest BCUT2D eigenvalue weighted by atomic mass is 10.0. The number of carboxylic acid groups (broad SMARTS) is 1. The van der Waals surface area contributed by atoms with Crippen molar-refractivity contribution in [2.24, 2.45) is 0 Å². The van der Waals surface area contributed by atoms with E-state index in [9.17, 15) is 9.90 Å². The maximum atomic E-state index is 10.3. The monoisotopic (exact) mass is 270 g/mol. The van der Waals surface area contributed by atoms with Gasteiger partial charge < -0.3 is 10.2 Å². The second-order valence-corrected chi connectivity index (χ2v) is 5.19. The zero-order chi connectivity index (χ0) is 14.3. The molecule has 0 aromatic carbocycles. The van der Waals surface area contributed by atoms with Crippen LogP contribution < -0.4 is 0 Å². The predicted octanol–water partition coefficient (Wildman–Crippen LogP) is 4.30. The van der Waals surface area contributed by atoms with E-state index in [1.807, 2.05) is 0 Å². The fourth-order valence-corrected chi connectivity index (χ4v) is 2.02. The SMILES string of the molecule is CCCC=CCCCCC(O)CCCCCC(=O)O. The van der Waals surface area contributed by atoms with E-state index in [2.05, 4.69) is 19.1 Å². The molecular formula is C16H30O3. The molecule has 19 heavy (non-hydrogen) atoms. The minimum absolute atomic E-state index is 0.204. The number of unbranched alkanes of at least 4 members (excludes halogenated alkanes) is 5. The van der Waals surface area contributed by atoms with E-state index in [1.54, 1.807) is 0 Å². The number of aliphatic carboxylic acids is 1. The maximum absolute atomic E-state index is 10.3. The smallest absolute Gasteiger partial charge is 0.303 e. The fraction of sp³-hybridized carbons (Fsp3) is 0.812.